The highest BCUT2D eigenvalue weighted by Gasteiger charge is 2.28. The third-order valence-corrected chi connectivity index (χ3v) is 4.54. The van der Waals surface area contributed by atoms with Gasteiger partial charge in [0.05, 0.1) is 6.04 Å². The SMILES string of the molecule is CC1CN(C)CCCN1C(CN)c1ccc(Br)cc1F. The molecule has 1 saturated heterocycles. The number of rotatable bonds is 3. The van der Waals surface area contributed by atoms with Gasteiger partial charge in [-0.25, -0.2) is 4.39 Å². The predicted octanol–water partition coefficient (Wildman–Crippen LogP) is 2.61. The monoisotopic (exact) mass is 343 g/mol. The van der Waals surface area contributed by atoms with Crippen molar-refractivity contribution in [2.75, 3.05) is 33.2 Å². The Hall–Kier alpha value is -0.490. The van der Waals surface area contributed by atoms with E-state index in [2.05, 4.69) is 39.7 Å². The second kappa shape index (κ2) is 6.98. The lowest BCUT2D eigenvalue weighted by molar-refractivity contribution is 0.143. The molecule has 1 fully saturated rings. The van der Waals surface area contributed by atoms with Crippen LogP contribution in [0.3, 0.4) is 0 Å². The summed E-state index contributed by atoms with van der Waals surface area (Å²) in [6.45, 7) is 5.67. The molecule has 3 nitrogen and oxygen atoms in total. The van der Waals surface area contributed by atoms with Gasteiger partial charge in [-0.05, 0) is 39.1 Å². The van der Waals surface area contributed by atoms with Crippen molar-refractivity contribution in [3.63, 3.8) is 0 Å². The minimum Gasteiger partial charge on any atom is -0.329 e. The van der Waals surface area contributed by atoms with Crippen LogP contribution in [0.4, 0.5) is 4.39 Å². The fraction of sp³-hybridized carbons (Fsp3) is 0.600. The molecule has 1 aromatic carbocycles. The number of hydrogen-bond acceptors (Lipinski definition) is 3. The lowest BCUT2D eigenvalue weighted by Gasteiger charge is -2.35. The molecule has 2 unspecified atom stereocenters. The molecule has 1 heterocycles. The fourth-order valence-electron chi connectivity index (χ4n) is 3.07. The van der Waals surface area contributed by atoms with E-state index in [0.717, 1.165) is 30.5 Å². The van der Waals surface area contributed by atoms with Crippen LogP contribution in [-0.2, 0) is 0 Å². The van der Waals surface area contributed by atoms with Crippen molar-refractivity contribution in [1.29, 1.82) is 0 Å². The first-order valence-electron chi connectivity index (χ1n) is 7.12. The Morgan fingerprint density at radius 2 is 2.20 bits per heavy atom. The predicted molar refractivity (Wildman–Crippen MR) is 84.2 cm³/mol. The molecule has 2 rings (SSSR count). The van der Waals surface area contributed by atoms with Crippen LogP contribution in [0, 0.1) is 5.82 Å². The molecule has 112 valence electrons. The number of likely N-dealkylation sites (N-methyl/N-ethyl adjacent to an activating group) is 1. The fourth-order valence-corrected chi connectivity index (χ4v) is 3.40. The van der Waals surface area contributed by atoms with Gasteiger partial charge in [0.25, 0.3) is 0 Å². The Labute approximate surface area is 129 Å². The van der Waals surface area contributed by atoms with Crippen molar-refractivity contribution >= 4 is 15.9 Å². The van der Waals surface area contributed by atoms with Gasteiger partial charge in [0, 0.05) is 35.7 Å². The molecular weight excluding hydrogens is 321 g/mol. The molecule has 0 bridgehead atoms. The Balaban J connectivity index is 2.26. The molecule has 2 atom stereocenters. The highest BCUT2D eigenvalue weighted by molar-refractivity contribution is 9.10. The van der Waals surface area contributed by atoms with Gasteiger partial charge in [-0.3, -0.25) is 4.90 Å². The molecular formula is C15H23BrFN3. The summed E-state index contributed by atoms with van der Waals surface area (Å²) in [6.07, 6.45) is 1.09. The molecule has 0 radical (unpaired) electrons. The Kier molecular flexibility index (Phi) is 5.55. The van der Waals surface area contributed by atoms with Crippen LogP contribution in [0.2, 0.25) is 0 Å². The molecule has 1 aliphatic rings. The summed E-state index contributed by atoms with van der Waals surface area (Å²) in [5, 5.41) is 0. The van der Waals surface area contributed by atoms with E-state index in [0.29, 0.717) is 18.2 Å². The molecule has 2 N–H and O–H groups in total. The molecule has 0 aliphatic carbocycles. The smallest absolute Gasteiger partial charge is 0.129 e. The normalized spacial score (nSPS) is 23.6. The topological polar surface area (TPSA) is 32.5 Å². The van der Waals surface area contributed by atoms with Crippen molar-refractivity contribution in [2.24, 2.45) is 5.73 Å². The molecule has 1 aliphatic heterocycles. The van der Waals surface area contributed by atoms with E-state index in [9.17, 15) is 4.39 Å². The molecule has 0 spiro atoms. The molecule has 5 heteroatoms. The summed E-state index contributed by atoms with van der Waals surface area (Å²) in [5.41, 5.74) is 6.66. The Morgan fingerprint density at radius 3 is 2.85 bits per heavy atom. The van der Waals surface area contributed by atoms with Crippen LogP contribution in [0.25, 0.3) is 0 Å². The van der Waals surface area contributed by atoms with E-state index in [4.69, 9.17) is 5.73 Å². The molecule has 0 aromatic heterocycles. The Bertz CT molecular complexity index is 455. The Morgan fingerprint density at radius 1 is 1.45 bits per heavy atom. The number of hydrogen-bond donors (Lipinski definition) is 1. The van der Waals surface area contributed by atoms with Crippen LogP contribution < -0.4 is 5.73 Å². The van der Waals surface area contributed by atoms with E-state index >= 15 is 0 Å². The first-order chi connectivity index (χ1) is 9.52. The second-order valence-electron chi connectivity index (χ2n) is 5.62. The maximum atomic E-state index is 14.2. The number of nitrogens with zero attached hydrogens (tertiary/aromatic N) is 2. The van der Waals surface area contributed by atoms with Crippen molar-refractivity contribution < 1.29 is 4.39 Å². The van der Waals surface area contributed by atoms with Gasteiger partial charge in [0.2, 0.25) is 0 Å². The van der Waals surface area contributed by atoms with Crippen LogP contribution in [-0.4, -0.2) is 49.1 Å². The maximum absolute atomic E-state index is 14.2. The molecule has 20 heavy (non-hydrogen) atoms. The van der Waals surface area contributed by atoms with Gasteiger partial charge in [-0.1, -0.05) is 22.0 Å². The highest BCUT2D eigenvalue weighted by Crippen LogP contribution is 2.28. The van der Waals surface area contributed by atoms with Crippen LogP contribution >= 0.6 is 15.9 Å². The van der Waals surface area contributed by atoms with E-state index in [1.807, 2.05) is 12.1 Å². The van der Waals surface area contributed by atoms with Crippen molar-refractivity contribution in [3.8, 4) is 0 Å². The largest absolute Gasteiger partial charge is 0.329 e. The third kappa shape index (κ3) is 3.58. The summed E-state index contributed by atoms with van der Waals surface area (Å²) in [7, 11) is 2.14. The van der Waals surface area contributed by atoms with Gasteiger partial charge in [0.1, 0.15) is 5.82 Å². The summed E-state index contributed by atoms with van der Waals surface area (Å²) in [5.74, 6) is -0.181. The molecule has 0 amide bonds. The number of halogens is 2. The van der Waals surface area contributed by atoms with Gasteiger partial charge in [-0.15, -0.1) is 0 Å². The van der Waals surface area contributed by atoms with Crippen molar-refractivity contribution in [2.45, 2.75) is 25.4 Å². The molecule has 1 aromatic rings. The lowest BCUT2D eigenvalue weighted by atomic mass is 10.0. The summed E-state index contributed by atoms with van der Waals surface area (Å²) in [4.78, 5) is 4.67. The van der Waals surface area contributed by atoms with E-state index < -0.39 is 0 Å². The van der Waals surface area contributed by atoms with E-state index in [-0.39, 0.29) is 11.9 Å². The summed E-state index contributed by atoms with van der Waals surface area (Å²) < 4.78 is 15.0. The van der Waals surface area contributed by atoms with Crippen molar-refractivity contribution in [3.05, 3.63) is 34.1 Å². The van der Waals surface area contributed by atoms with Gasteiger partial charge >= 0.3 is 0 Å². The van der Waals surface area contributed by atoms with Crippen LogP contribution in [0.15, 0.2) is 22.7 Å². The highest BCUT2D eigenvalue weighted by atomic mass is 79.9. The van der Waals surface area contributed by atoms with Gasteiger partial charge in [0.15, 0.2) is 0 Å². The number of nitrogens with two attached hydrogens (primary N) is 1. The van der Waals surface area contributed by atoms with Crippen LogP contribution in [0.5, 0.6) is 0 Å². The van der Waals surface area contributed by atoms with E-state index in [1.165, 1.54) is 6.07 Å². The maximum Gasteiger partial charge on any atom is 0.129 e. The minimum atomic E-state index is -0.181. The summed E-state index contributed by atoms with van der Waals surface area (Å²) >= 11 is 3.30. The average Bonchev–Trinajstić information content (AvgIpc) is 2.54. The zero-order valence-electron chi connectivity index (χ0n) is 12.1. The van der Waals surface area contributed by atoms with Crippen molar-refractivity contribution in [1.82, 2.24) is 9.80 Å². The first kappa shape index (κ1) is 15.9. The number of benzene rings is 1. The standard InChI is InChI=1S/C15H23BrFN3/c1-11-10-19(2)6-3-7-20(11)15(9-18)13-5-4-12(16)8-14(13)17/h4-5,8,11,15H,3,6-7,9-10,18H2,1-2H3. The quantitative estimate of drug-likeness (QED) is 0.915. The van der Waals surface area contributed by atoms with E-state index in [1.54, 1.807) is 0 Å². The molecule has 0 saturated carbocycles. The summed E-state index contributed by atoms with van der Waals surface area (Å²) in [6, 6.07) is 5.57. The van der Waals surface area contributed by atoms with Crippen LogP contribution in [0.1, 0.15) is 24.9 Å². The van der Waals surface area contributed by atoms with Gasteiger partial charge in [-0.2, -0.15) is 0 Å². The minimum absolute atomic E-state index is 0.0513. The first-order valence-corrected chi connectivity index (χ1v) is 7.91. The zero-order valence-corrected chi connectivity index (χ0v) is 13.7. The lowest BCUT2D eigenvalue weighted by Crippen LogP contribution is -2.43. The van der Waals surface area contributed by atoms with Gasteiger partial charge < -0.3 is 10.6 Å². The average molecular weight is 344 g/mol. The zero-order chi connectivity index (χ0) is 14.7. The third-order valence-electron chi connectivity index (χ3n) is 4.04. The second-order valence-corrected chi connectivity index (χ2v) is 6.54.